The quantitative estimate of drug-likeness (QED) is 0.784. The van der Waals surface area contributed by atoms with Crippen molar-refractivity contribution in [1.29, 1.82) is 0 Å². The molecule has 3 rings (SSSR count). The van der Waals surface area contributed by atoms with E-state index in [4.69, 9.17) is 9.31 Å². The maximum atomic E-state index is 9.84. The van der Waals surface area contributed by atoms with E-state index in [1.165, 1.54) is 5.56 Å². The van der Waals surface area contributed by atoms with E-state index >= 15 is 0 Å². The van der Waals surface area contributed by atoms with Gasteiger partial charge in [0.1, 0.15) is 0 Å². The van der Waals surface area contributed by atoms with E-state index in [0.717, 1.165) is 23.9 Å². The first kappa shape index (κ1) is 13.2. The van der Waals surface area contributed by atoms with Crippen LogP contribution in [0.3, 0.4) is 0 Å². The molecule has 2 aliphatic rings. The van der Waals surface area contributed by atoms with Gasteiger partial charge >= 0.3 is 7.12 Å². The van der Waals surface area contributed by atoms with E-state index in [-0.39, 0.29) is 24.4 Å². The molecule has 102 valence electrons. The minimum Gasteiger partial charge on any atom is -0.399 e. The van der Waals surface area contributed by atoms with Crippen molar-refractivity contribution >= 4 is 12.6 Å². The van der Waals surface area contributed by atoms with Gasteiger partial charge in [-0.05, 0) is 57.1 Å². The highest BCUT2D eigenvalue weighted by molar-refractivity contribution is 6.62. The van der Waals surface area contributed by atoms with Crippen LogP contribution in [0.25, 0.3) is 0 Å². The van der Waals surface area contributed by atoms with Crippen molar-refractivity contribution in [3.8, 4) is 0 Å². The molecule has 1 atom stereocenters. The van der Waals surface area contributed by atoms with Gasteiger partial charge < -0.3 is 14.4 Å². The summed E-state index contributed by atoms with van der Waals surface area (Å²) in [6, 6.07) is 6.14. The number of hydrogen-bond donors (Lipinski definition) is 1. The summed E-state index contributed by atoms with van der Waals surface area (Å²) in [7, 11) is -0.312. The van der Waals surface area contributed by atoms with E-state index in [0.29, 0.717) is 0 Å². The van der Waals surface area contributed by atoms with Crippen molar-refractivity contribution in [1.82, 2.24) is 0 Å². The second kappa shape index (κ2) is 4.08. The fraction of sp³-hybridized carbons (Fsp3) is 0.600. The third-order valence-electron chi connectivity index (χ3n) is 4.74. The van der Waals surface area contributed by atoms with Crippen molar-refractivity contribution in [3.63, 3.8) is 0 Å². The number of aryl methyl sites for hydroxylation is 1. The average molecular weight is 260 g/mol. The summed E-state index contributed by atoms with van der Waals surface area (Å²) >= 11 is 0. The Balaban J connectivity index is 1.89. The molecule has 0 saturated carbocycles. The molecule has 1 aliphatic heterocycles. The van der Waals surface area contributed by atoms with Crippen molar-refractivity contribution < 1.29 is 14.4 Å². The number of aliphatic hydroxyl groups excluding tert-OH is 1. The van der Waals surface area contributed by atoms with Crippen LogP contribution in [-0.2, 0) is 15.7 Å². The first-order valence-corrected chi connectivity index (χ1v) is 6.97. The van der Waals surface area contributed by atoms with Crippen LogP contribution in [-0.4, -0.2) is 23.4 Å². The predicted molar refractivity (Wildman–Crippen MR) is 75.4 cm³/mol. The molecule has 4 heteroatoms. The molecule has 0 spiro atoms. The van der Waals surface area contributed by atoms with Crippen molar-refractivity contribution in [2.75, 3.05) is 0 Å². The molecule has 1 fully saturated rings. The summed E-state index contributed by atoms with van der Waals surface area (Å²) in [6.07, 6.45) is 1.45. The molecule has 0 bridgehead atoms. The Kier molecular flexibility index (Phi) is 2.82. The first-order chi connectivity index (χ1) is 8.80. The van der Waals surface area contributed by atoms with Crippen LogP contribution >= 0.6 is 0 Å². The van der Waals surface area contributed by atoms with E-state index in [1.807, 2.05) is 12.1 Å². The zero-order valence-electron chi connectivity index (χ0n) is 12.1. The summed E-state index contributed by atoms with van der Waals surface area (Å²) in [6.45, 7) is 8.24. The normalized spacial score (nSPS) is 27.6. The number of aliphatic hydroxyl groups is 1. The largest absolute Gasteiger partial charge is 0.494 e. The molecule has 1 aromatic carbocycles. The van der Waals surface area contributed by atoms with Crippen LogP contribution in [0.4, 0.5) is 0 Å². The zero-order valence-corrected chi connectivity index (χ0v) is 12.1. The van der Waals surface area contributed by atoms with Crippen LogP contribution in [0, 0.1) is 0 Å². The van der Waals surface area contributed by atoms with Crippen LogP contribution in [0.5, 0.6) is 0 Å². The summed E-state index contributed by atoms with van der Waals surface area (Å²) in [5.74, 6) is 0. The lowest BCUT2D eigenvalue weighted by atomic mass is 9.78. The summed E-state index contributed by atoms with van der Waals surface area (Å²) in [4.78, 5) is 0. The highest BCUT2D eigenvalue weighted by Gasteiger charge is 2.51. The molecule has 1 heterocycles. The number of hydrogen-bond acceptors (Lipinski definition) is 3. The molecule has 0 amide bonds. The van der Waals surface area contributed by atoms with Gasteiger partial charge in [-0.3, -0.25) is 0 Å². The van der Waals surface area contributed by atoms with Gasteiger partial charge in [-0.15, -0.1) is 0 Å². The highest BCUT2D eigenvalue weighted by Crippen LogP contribution is 2.37. The lowest BCUT2D eigenvalue weighted by Crippen LogP contribution is -2.41. The van der Waals surface area contributed by atoms with Crippen LogP contribution in [0.1, 0.15) is 51.3 Å². The maximum absolute atomic E-state index is 9.84. The fourth-order valence-corrected chi connectivity index (χ4v) is 2.74. The summed E-state index contributed by atoms with van der Waals surface area (Å²) in [5.41, 5.74) is 2.71. The van der Waals surface area contributed by atoms with Crippen molar-refractivity contribution in [3.05, 3.63) is 29.3 Å². The summed E-state index contributed by atoms with van der Waals surface area (Å²) < 4.78 is 12.1. The zero-order chi connectivity index (χ0) is 13.8. The van der Waals surface area contributed by atoms with Gasteiger partial charge in [0.15, 0.2) is 0 Å². The van der Waals surface area contributed by atoms with Gasteiger partial charge in [0.2, 0.25) is 0 Å². The average Bonchev–Trinajstić information content (AvgIpc) is 2.78. The smallest absolute Gasteiger partial charge is 0.399 e. The van der Waals surface area contributed by atoms with E-state index in [2.05, 4.69) is 33.8 Å². The Morgan fingerprint density at radius 2 is 1.79 bits per heavy atom. The standard InChI is InChI=1S/C15H21BO3/c1-14(2)15(3,4)19-16(18-14)11-6-7-12-10(9-11)5-8-13(12)17/h6-7,9,13,17H,5,8H2,1-4H3/t13-/m1/s1. The molecule has 0 unspecified atom stereocenters. The van der Waals surface area contributed by atoms with Crippen molar-refractivity contribution in [2.24, 2.45) is 0 Å². The second-order valence-corrected chi connectivity index (χ2v) is 6.60. The van der Waals surface area contributed by atoms with Crippen LogP contribution < -0.4 is 5.46 Å². The lowest BCUT2D eigenvalue weighted by Gasteiger charge is -2.32. The van der Waals surface area contributed by atoms with Crippen LogP contribution in [0.15, 0.2) is 18.2 Å². The third kappa shape index (κ3) is 2.02. The Labute approximate surface area is 115 Å². The Bertz CT molecular complexity index is 494. The molecule has 0 radical (unpaired) electrons. The van der Waals surface area contributed by atoms with E-state index < -0.39 is 0 Å². The van der Waals surface area contributed by atoms with Crippen LogP contribution in [0.2, 0.25) is 0 Å². The number of rotatable bonds is 1. The topological polar surface area (TPSA) is 38.7 Å². The number of fused-ring (bicyclic) bond motifs is 1. The number of benzene rings is 1. The molecular formula is C15H21BO3. The maximum Gasteiger partial charge on any atom is 0.494 e. The molecule has 3 nitrogen and oxygen atoms in total. The van der Waals surface area contributed by atoms with Gasteiger partial charge in [-0.1, -0.05) is 18.2 Å². The van der Waals surface area contributed by atoms with Gasteiger partial charge in [-0.2, -0.15) is 0 Å². The minimum absolute atomic E-state index is 0.303. The van der Waals surface area contributed by atoms with Crippen molar-refractivity contribution in [2.45, 2.75) is 57.8 Å². The summed E-state index contributed by atoms with van der Waals surface area (Å²) in [5, 5.41) is 9.84. The predicted octanol–water partition coefficient (Wildman–Crippen LogP) is 1.97. The second-order valence-electron chi connectivity index (χ2n) is 6.60. The lowest BCUT2D eigenvalue weighted by molar-refractivity contribution is 0.00578. The molecule has 1 N–H and O–H groups in total. The van der Waals surface area contributed by atoms with Gasteiger partial charge in [-0.25, -0.2) is 0 Å². The van der Waals surface area contributed by atoms with Gasteiger partial charge in [0.25, 0.3) is 0 Å². The highest BCUT2D eigenvalue weighted by atomic mass is 16.7. The van der Waals surface area contributed by atoms with Gasteiger partial charge in [0, 0.05) is 0 Å². The molecule has 1 saturated heterocycles. The van der Waals surface area contributed by atoms with E-state index in [9.17, 15) is 5.11 Å². The van der Waals surface area contributed by atoms with E-state index in [1.54, 1.807) is 0 Å². The molecule has 0 aromatic heterocycles. The first-order valence-electron chi connectivity index (χ1n) is 6.97. The minimum atomic E-state index is -0.312. The third-order valence-corrected chi connectivity index (χ3v) is 4.74. The van der Waals surface area contributed by atoms with Gasteiger partial charge in [0.05, 0.1) is 17.3 Å². The molecule has 19 heavy (non-hydrogen) atoms. The molecular weight excluding hydrogens is 239 g/mol. The fourth-order valence-electron chi connectivity index (χ4n) is 2.74. The Hall–Kier alpha value is -0.835. The molecule has 1 aliphatic carbocycles. The Morgan fingerprint density at radius 1 is 1.16 bits per heavy atom. The Morgan fingerprint density at radius 3 is 2.42 bits per heavy atom. The SMILES string of the molecule is CC1(C)OB(c2ccc3c(c2)CC[C@H]3O)OC1(C)C. The molecule has 1 aromatic rings. The monoisotopic (exact) mass is 260 g/mol.